The maximum Gasteiger partial charge on any atom is 0.472 e. The fraction of sp³-hybridized carbons (Fsp3) is 0.946. The summed E-state index contributed by atoms with van der Waals surface area (Å²) in [5.41, 5.74) is 0. The molecule has 19 heteroatoms. The van der Waals surface area contributed by atoms with E-state index in [4.69, 9.17) is 37.0 Å². The minimum absolute atomic E-state index is 0.102. The molecule has 0 saturated heterocycles. The first kappa shape index (κ1) is 91.1. The third-order valence-electron chi connectivity index (χ3n) is 17.1. The molecule has 17 nitrogen and oxygen atoms in total. The van der Waals surface area contributed by atoms with Crippen LogP contribution in [-0.2, 0) is 65.4 Å². The van der Waals surface area contributed by atoms with E-state index >= 15 is 0 Å². The van der Waals surface area contributed by atoms with Crippen molar-refractivity contribution in [1.29, 1.82) is 0 Å². The van der Waals surface area contributed by atoms with Crippen molar-refractivity contribution in [2.45, 2.75) is 388 Å². The summed E-state index contributed by atoms with van der Waals surface area (Å²) in [7, 11) is -9.91. The summed E-state index contributed by atoms with van der Waals surface area (Å²) in [5, 5.41) is 10.6. The van der Waals surface area contributed by atoms with Gasteiger partial charge in [0.1, 0.15) is 19.3 Å². The Hall–Kier alpha value is -1.94. The van der Waals surface area contributed by atoms with Gasteiger partial charge in [-0.2, -0.15) is 0 Å². The molecule has 0 saturated carbocycles. The molecule has 0 bridgehead atoms. The number of phosphoric ester groups is 2. The highest BCUT2D eigenvalue weighted by atomic mass is 31.2. The van der Waals surface area contributed by atoms with Gasteiger partial charge < -0.3 is 33.8 Å². The van der Waals surface area contributed by atoms with Crippen molar-refractivity contribution in [3.8, 4) is 0 Å². The number of aliphatic hydroxyl groups is 1. The second-order valence-electron chi connectivity index (χ2n) is 28.6. The molecule has 552 valence electrons. The summed E-state index contributed by atoms with van der Waals surface area (Å²) in [5.74, 6) is 0.825. The zero-order valence-electron chi connectivity index (χ0n) is 60.9. The third kappa shape index (κ3) is 68.4. The molecule has 0 aliphatic carbocycles. The molecule has 0 aromatic carbocycles. The molecule has 0 aliphatic heterocycles. The molecular weight excluding hydrogens is 1220 g/mol. The Kier molecular flexibility index (Phi) is 62.2. The average Bonchev–Trinajstić information content (AvgIpc) is 2.30. The molecule has 0 rings (SSSR count). The number of hydrogen-bond acceptors (Lipinski definition) is 15. The van der Waals surface area contributed by atoms with Crippen molar-refractivity contribution in [3.05, 3.63) is 0 Å². The van der Waals surface area contributed by atoms with E-state index in [-0.39, 0.29) is 25.7 Å². The van der Waals surface area contributed by atoms with Crippen molar-refractivity contribution in [2.24, 2.45) is 23.7 Å². The van der Waals surface area contributed by atoms with Crippen LogP contribution in [0.25, 0.3) is 0 Å². The molecule has 0 radical (unpaired) electrons. The number of esters is 4. The van der Waals surface area contributed by atoms with E-state index in [0.29, 0.717) is 37.5 Å². The molecule has 2 unspecified atom stereocenters. The Morgan fingerprint density at radius 2 is 0.452 bits per heavy atom. The van der Waals surface area contributed by atoms with E-state index in [1.807, 2.05) is 0 Å². The number of rotatable bonds is 71. The first-order valence-corrected chi connectivity index (χ1v) is 41.2. The van der Waals surface area contributed by atoms with Crippen molar-refractivity contribution in [2.75, 3.05) is 39.6 Å². The predicted octanol–water partition coefficient (Wildman–Crippen LogP) is 21.3. The first-order chi connectivity index (χ1) is 44.6. The zero-order valence-corrected chi connectivity index (χ0v) is 62.7. The summed E-state index contributed by atoms with van der Waals surface area (Å²) in [6, 6.07) is 0. The fourth-order valence-electron chi connectivity index (χ4n) is 11.2. The second-order valence-corrected chi connectivity index (χ2v) is 31.5. The molecule has 0 amide bonds. The normalized spacial score (nSPS) is 14.2. The van der Waals surface area contributed by atoms with Crippen LogP contribution in [0.1, 0.15) is 370 Å². The Morgan fingerprint density at radius 3 is 0.667 bits per heavy atom. The maximum absolute atomic E-state index is 13.1. The minimum atomic E-state index is -4.96. The van der Waals surface area contributed by atoms with Crippen molar-refractivity contribution >= 4 is 39.5 Å². The van der Waals surface area contributed by atoms with Gasteiger partial charge in [0.05, 0.1) is 26.4 Å². The van der Waals surface area contributed by atoms with Gasteiger partial charge in [-0.3, -0.25) is 37.3 Å². The van der Waals surface area contributed by atoms with Crippen LogP contribution in [-0.4, -0.2) is 96.7 Å². The fourth-order valence-corrected chi connectivity index (χ4v) is 12.8. The molecular formula is C74H144O17P2. The summed E-state index contributed by atoms with van der Waals surface area (Å²) in [4.78, 5) is 72.6. The largest absolute Gasteiger partial charge is 0.472 e. The van der Waals surface area contributed by atoms with Gasteiger partial charge in [-0.05, 0) is 49.4 Å². The Bertz CT molecular complexity index is 1830. The number of unbranched alkanes of at least 4 members (excludes halogenated alkanes) is 37. The lowest BCUT2D eigenvalue weighted by atomic mass is 10.0. The Labute approximate surface area is 568 Å². The van der Waals surface area contributed by atoms with Crippen LogP contribution in [0.2, 0.25) is 0 Å². The van der Waals surface area contributed by atoms with E-state index < -0.39 is 97.5 Å². The maximum atomic E-state index is 13.1. The lowest BCUT2D eigenvalue weighted by molar-refractivity contribution is -0.161. The quantitative estimate of drug-likeness (QED) is 0.0222. The smallest absolute Gasteiger partial charge is 0.462 e. The standard InChI is InChI=1S/C74H144O17P2/c1-64(2)50-42-34-26-21-17-15-13-11-9-10-12-14-16-18-24-30-40-48-56-73(78)90-69(60-84-71(76)54-46-38-29-23-20-19-22-27-35-43-51-65(3)4)62-88-92(80,81)86-58-68(75)59-87-93(82,83)89-63-70(61-85-72(77)55-47-39-33-32-37-45-53-67(7)8)91-74(79)57-49-41-31-25-28-36-44-52-66(5)6/h64-70,75H,9-63H2,1-8H3,(H,80,81)(H,82,83)/t68-,69-,70-/m1/s1. The monoisotopic (exact) mass is 1370 g/mol. The number of carbonyl (C=O) groups excluding carboxylic acids is 4. The average molecular weight is 1370 g/mol. The van der Waals surface area contributed by atoms with Crippen LogP contribution < -0.4 is 0 Å². The second kappa shape index (κ2) is 63.5. The van der Waals surface area contributed by atoms with Crippen LogP contribution >= 0.6 is 15.6 Å². The van der Waals surface area contributed by atoms with Gasteiger partial charge in [0.15, 0.2) is 12.2 Å². The number of hydrogen-bond donors (Lipinski definition) is 3. The predicted molar refractivity (Wildman–Crippen MR) is 377 cm³/mol. The van der Waals surface area contributed by atoms with Gasteiger partial charge in [0.2, 0.25) is 0 Å². The third-order valence-corrected chi connectivity index (χ3v) is 19.0. The minimum Gasteiger partial charge on any atom is -0.462 e. The lowest BCUT2D eigenvalue weighted by Gasteiger charge is -2.21. The first-order valence-electron chi connectivity index (χ1n) is 38.2. The van der Waals surface area contributed by atoms with Crippen LogP contribution in [0.3, 0.4) is 0 Å². The van der Waals surface area contributed by atoms with Crippen LogP contribution in [0, 0.1) is 23.7 Å². The zero-order chi connectivity index (χ0) is 68.9. The van der Waals surface area contributed by atoms with E-state index in [1.54, 1.807) is 0 Å². The molecule has 0 fully saturated rings. The van der Waals surface area contributed by atoms with E-state index in [1.165, 1.54) is 167 Å². The number of phosphoric acid groups is 2. The van der Waals surface area contributed by atoms with Crippen LogP contribution in [0.4, 0.5) is 0 Å². The van der Waals surface area contributed by atoms with Crippen molar-refractivity contribution in [1.82, 2.24) is 0 Å². The van der Waals surface area contributed by atoms with E-state index in [0.717, 1.165) is 108 Å². The lowest BCUT2D eigenvalue weighted by Crippen LogP contribution is -2.30. The molecule has 93 heavy (non-hydrogen) atoms. The Balaban J connectivity index is 5.18. The number of carbonyl (C=O) groups is 4. The van der Waals surface area contributed by atoms with Crippen molar-refractivity contribution < 1.29 is 80.2 Å². The molecule has 3 N–H and O–H groups in total. The molecule has 5 atom stereocenters. The van der Waals surface area contributed by atoms with Crippen molar-refractivity contribution in [3.63, 3.8) is 0 Å². The van der Waals surface area contributed by atoms with Crippen LogP contribution in [0.15, 0.2) is 0 Å². The molecule has 0 spiro atoms. The van der Waals surface area contributed by atoms with E-state index in [2.05, 4.69) is 55.4 Å². The molecule has 0 aromatic heterocycles. The van der Waals surface area contributed by atoms with Gasteiger partial charge in [-0.15, -0.1) is 0 Å². The number of ether oxygens (including phenoxy) is 4. The summed E-state index contributed by atoms with van der Waals surface area (Å²) < 4.78 is 68.3. The SMILES string of the molecule is CC(C)CCCCCCCCCCCCCCCCCCCCC(=O)O[C@H](COC(=O)CCCCCCCCCCCCC(C)C)COP(=O)(O)OC[C@@H](O)COP(=O)(O)OC[C@@H](COC(=O)CCCCCCCCC(C)C)OC(=O)CCCCCCCCCC(C)C. The van der Waals surface area contributed by atoms with E-state index in [9.17, 15) is 43.2 Å². The topological polar surface area (TPSA) is 237 Å². The van der Waals surface area contributed by atoms with Gasteiger partial charge in [-0.1, -0.05) is 319 Å². The number of aliphatic hydroxyl groups excluding tert-OH is 1. The highest BCUT2D eigenvalue weighted by Crippen LogP contribution is 2.45. The highest BCUT2D eigenvalue weighted by molar-refractivity contribution is 7.47. The van der Waals surface area contributed by atoms with Crippen LogP contribution in [0.5, 0.6) is 0 Å². The molecule has 0 heterocycles. The summed E-state index contributed by atoms with van der Waals surface area (Å²) in [6.07, 6.45) is 47.6. The Morgan fingerprint density at radius 1 is 0.269 bits per heavy atom. The van der Waals surface area contributed by atoms with Gasteiger partial charge in [-0.25, -0.2) is 9.13 Å². The van der Waals surface area contributed by atoms with Gasteiger partial charge >= 0.3 is 39.5 Å². The molecule has 0 aliphatic rings. The summed E-state index contributed by atoms with van der Waals surface area (Å²) in [6.45, 7) is 14.1. The van der Waals surface area contributed by atoms with Gasteiger partial charge in [0.25, 0.3) is 0 Å². The van der Waals surface area contributed by atoms with Gasteiger partial charge in [0, 0.05) is 25.7 Å². The molecule has 0 aromatic rings. The highest BCUT2D eigenvalue weighted by Gasteiger charge is 2.30. The summed E-state index contributed by atoms with van der Waals surface area (Å²) >= 11 is 0.